The first-order chi connectivity index (χ1) is 12.5. The molecule has 0 aromatic heterocycles. The van der Waals surface area contributed by atoms with Crippen molar-refractivity contribution in [2.45, 2.75) is 11.8 Å². The maximum atomic E-state index is 12.8. The predicted octanol–water partition coefficient (Wildman–Crippen LogP) is 4.55. The van der Waals surface area contributed by atoms with E-state index in [1.165, 1.54) is 13.2 Å². The molecule has 134 valence electrons. The Kier molecular flexibility index (Phi) is 5.14. The van der Waals surface area contributed by atoms with E-state index in [2.05, 4.69) is 10.0 Å². The van der Waals surface area contributed by atoms with E-state index < -0.39 is 10.0 Å². The van der Waals surface area contributed by atoms with Gasteiger partial charge in [-0.15, -0.1) is 0 Å². The molecule has 2 N–H and O–H groups in total. The second-order valence-corrected chi connectivity index (χ2v) is 7.44. The van der Waals surface area contributed by atoms with Crippen LogP contribution in [0.5, 0.6) is 5.75 Å². The first-order valence-corrected chi connectivity index (χ1v) is 9.56. The zero-order chi connectivity index (χ0) is 18.6. The molecule has 0 bridgehead atoms. The largest absolute Gasteiger partial charge is 0.495 e. The van der Waals surface area contributed by atoms with Crippen molar-refractivity contribution in [1.82, 2.24) is 0 Å². The number of anilines is 3. The standard InChI is InChI=1S/C20H20N2O3S/c1-15-11-13-16(14-12-15)21-17-7-3-4-8-18(17)22-26(23,24)20-10-6-5-9-19(20)25-2/h3-14,21-22H,1-2H3. The van der Waals surface area contributed by atoms with Gasteiger partial charge in [-0.1, -0.05) is 42.0 Å². The maximum Gasteiger partial charge on any atom is 0.265 e. The number of para-hydroxylation sites is 3. The Labute approximate surface area is 153 Å². The highest BCUT2D eigenvalue weighted by Gasteiger charge is 2.20. The summed E-state index contributed by atoms with van der Waals surface area (Å²) in [5, 5.41) is 3.24. The van der Waals surface area contributed by atoms with Crippen LogP contribution in [0.25, 0.3) is 0 Å². The van der Waals surface area contributed by atoms with E-state index in [9.17, 15) is 8.42 Å². The molecule has 0 spiro atoms. The molecular formula is C20H20N2O3S. The van der Waals surface area contributed by atoms with Gasteiger partial charge in [0.15, 0.2) is 0 Å². The molecule has 6 heteroatoms. The molecule has 3 aromatic rings. The fourth-order valence-corrected chi connectivity index (χ4v) is 3.77. The molecule has 0 atom stereocenters. The lowest BCUT2D eigenvalue weighted by atomic mass is 10.2. The van der Waals surface area contributed by atoms with Gasteiger partial charge in [0, 0.05) is 5.69 Å². The summed E-state index contributed by atoms with van der Waals surface area (Å²) in [5.74, 6) is 0.295. The topological polar surface area (TPSA) is 67.4 Å². The quantitative estimate of drug-likeness (QED) is 0.670. The lowest BCUT2D eigenvalue weighted by Crippen LogP contribution is -2.15. The smallest absolute Gasteiger partial charge is 0.265 e. The van der Waals surface area contributed by atoms with Crippen LogP contribution in [0.1, 0.15) is 5.56 Å². The molecule has 0 fully saturated rings. The van der Waals surface area contributed by atoms with Crippen LogP contribution >= 0.6 is 0 Å². The van der Waals surface area contributed by atoms with Crippen LogP contribution in [-0.4, -0.2) is 15.5 Å². The van der Waals surface area contributed by atoms with Crippen molar-refractivity contribution in [1.29, 1.82) is 0 Å². The molecule has 0 radical (unpaired) electrons. The van der Waals surface area contributed by atoms with Crippen LogP contribution in [0.15, 0.2) is 77.7 Å². The summed E-state index contributed by atoms with van der Waals surface area (Å²) in [6.45, 7) is 2.01. The van der Waals surface area contributed by atoms with Crippen LogP contribution in [0.3, 0.4) is 0 Å². The summed E-state index contributed by atoms with van der Waals surface area (Å²) in [4.78, 5) is 0.0904. The van der Waals surface area contributed by atoms with Gasteiger partial charge in [-0.25, -0.2) is 8.42 Å². The molecule has 26 heavy (non-hydrogen) atoms. The zero-order valence-corrected chi connectivity index (χ0v) is 15.4. The van der Waals surface area contributed by atoms with E-state index in [4.69, 9.17) is 4.74 Å². The Morgan fingerprint density at radius 2 is 1.42 bits per heavy atom. The van der Waals surface area contributed by atoms with E-state index in [0.29, 0.717) is 17.1 Å². The Hall–Kier alpha value is -2.99. The second-order valence-electron chi connectivity index (χ2n) is 5.79. The fraction of sp³-hybridized carbons (Fsp3) is 0.100. The van der Waals surface area contributed by atoms with E-state index in [-0.39, 0.29) is 4.90 Å². The van der Waals surface area contributed by atoms with Gasteiger partial charge in [-0.05, 0) is 43.3 Å². The summed E-state index contributed by atoms with van der Waals surface area (Å²) in [5.41, 5.74) is 3.15. The number of hydrogen-bond acceptors (Lipinski definition) is 4. The molecule has 5 nitrogen and oxygen atoms in total. The SMILES string of the molecule is COc1ccccc1S(=O)(=O)Nc1ccccc1Nc1ccc(C)cc1. The summed E-state index contributed by atoms with van der Waals surface area (Å²) in [6.07, 6.45) is 0. The highest BCUT2D eigenvalue weighted by atomic mass is 32.2. The molecule has 0 saturated carbocycles. The highest BCUT2D eigenvalue weighted by molar-refractivity contribution is 7.92. The van der Waals surface area contributed by atoms with Crippen LogP contribution in [0, 0.1) is 6.92 Å². The molecule has 0 aliphatic carbocycles. The molecule has 0 unspecified atom stereocenters. The number of aryl methyl sites for hydroxylation is 1. The van der Waals surface area contributed by atoms with Gasteiger partial charge >= 0.3 is 0 Å². The number of benzene rings is 3. The van der Waals surface area contributed by atoms with Crippen molar-refractivity contribution in [3.8, 4) is 5.75 Å². The fourth-order valence-electron chi connectivity index (χ4n) is 2.51. The van der Waals surface area contributed by atoms with E-state index in [0.717, 1.165) is 11.3 Å². The molecular weight excluding hydrogens is 348 g/mol. The Morgan fingerprint density at radius 3 is 2.12 bits per heavy atom. The number of hydrogen-bond donors (Lipinski definition) is 2. The van der Waals surface area contributed by atoms with Crippen molar-refractivity contribution in [2.24, 2.45) is 0 Å². The van der Waals surface area contributed by atoms with Gasteiger partial charge in [0.05, 0.1) is 18.5 Å². The number of sulfonamides is 1. The van der Waals surface area contributed by atoms with Crippen LogP contribution in [0.4, 0.5) is 17.1 Å². The normalized spacial score (nSPS) is 11.0. The summed E-state index contributed by atoms with van der Waals surface area (Å²) < 4.78 is 33.4. The van der Waals surface area contributed by atoms with Crippen molar-refractivity contribution in [3.63, 3.8) is 0 Å². The average Bonchev–Trinajstić information content (AvgIpc) is 2.65. The first kappa shape index (κ1) is 17.8. The average molecular weight is 368 g/mol. The van der Waals surface area contributed by atoms with Crippen molar-refractivity contribution in [3.05, 3.63) is 78.4 Å². The van der Waals surface area contributed by atoms with Gasteiger partial charge in [-0.3, -0.25) is 4.72 Å². The zero-order valence-electron chi connectivity index (χ0n) is 14.6. The monoisotopic (exact) mass is 368 g/mol. The van der Waals surface area contributed by atoms with Gasteiger partial charge in [0.1, 0.15) is 10.6 Å². The van der Waals surface area contributed by atoms with E-state index in [1.807, 2.05) is 43.3 Å². The maximum absolute atomic E-state index is 12.8. The second kappa shape index (κ2) is 7.49. The third-order valence-electron chi connectivity index (χ3n) is 3.86. The predicted molar refractivity (Wildman–Crippen MR) is 105 cm³/mol. The first-order valence-electron chi connectivity index (χ1n) is 8.08. The minimum atomic E-state index is -3.79. The van der Waals surface area contributed by atoms with Crippen molar-refractivity contribution < 1.29 is 13.2 Å². The van der Waals surface area contributed by atoms with Gasteiger partial charge in [0.25, 0.3) is 10.0 Å². The van der Waals surface area contributed by atoms with Crippen LogP contribution in [-0.2, 0) is 10.0 Å². The Balaban J connectivity index is 1.91. The summed E-state index contributed by atoms with van der Waals surface area (Å²) in [7, 11) is -2.35. The molecule has 0 amide bonds. The van der Waals surface area contributed by atoms with E-state index in [1.54, 1.807) is 30.3 Å². The molecule has 0 saturated heterocycles. The molecule has 0 aliphatic rings. The Bertz CT molecular complexity index is 1000. The number of methoxy groups -OCH3 is 1. The lowest BCUT2D eigenvalue weighted by Gasteiger charge is -2.15. The van der Waals surface area contributed by atoms with Crippen LogP contribution < -0.4 is 14.8 Å². The molecule has 0 aliphatic heterocycles. The van der Waals surface area contributed by atoms with Gasteiger partial charge in [0.2, 0.25) is 0 Å². The van der Waals surface area contributed by atoms with E-state index >= 15 is 0 Å². The van der Waals surface area contributed by atoms with Gasteiger partial charge in [-0.2, -0.15) is 0 Å². The minimum Gasteiger partial charge on any atom is -0.495 e. The third kappa shape index (κ3) is 3.97. The van der Waals surface area contributed by atoms with Crippen molar-refractivity contribution >= 4 is 27.1 Å². The molecule has 0 heterocycles. The highest BCUT2D eigenvalue weighted by Crippen LogP contribution is 2.30. The van der Waals surface area contributed by atoms with Crippen molar-refractivity contribution in [2.75, 3.05) is 17.1 Å². The molecule has 3 rings (SSSR count). The van der Waals surface area contributed by atoms with Crippen LogP contribution in [0.2, 0.25) is 0 Å². The van der Waals surface area contributed by atoms with Gasteiger partial charge < -0.3 is 10.1 Å². The number of ether oxygens (including phenoxy) is 1. The molecule has 3 aromatic carbocycles. The third-order valence-corrected chi connectivity index (χ3v) is 5.27. The minimum absolute atomic E-state index is 0.0904. The number of rotatable bonds is 6. The Morgan fingerprint density at radius 1 is 0.808 bits per heavy atom. The lowest BCUT2D eigenvalue weighted by molar-refractivity contribution is 0.403. The summed E-state index contributed by atoms with van der Waals surface area (Å²) in [6, 6.07) is 21.5. The summed E-state index contributed by atoms with van der Waals surface area (Å²) >= 11 is 0. The number of nitrogens with one attached hydrogen (secondary N) is 2.